The molecule has 0 radical (unpaired) electrons. The molecular formula is C17H31N3O. The van der Waals surface area contributed by atoms with E-state index in [1.807, 2.05) is 0 Å². The maximum atomic E-state index is 5.17. The third-order valence-electron chi connectivity index (χ3n) is 4.51. The molecule has 1 saturated carbocycles. The summed E-state index contributed by atoms with van der Waals surface area (Å²) >= 11 is 0. The molecule has 0 spiro atoms. The average molecular weight is 293 g/mol. The van der Waals surface area contributed by atoms with Crippen molar-refractivity contribution in [2.24, 2.45) is 5.41 Å². The molecule has 1 aliphatic rings. The lowest BCUT2D eigenvalue weighted by Crippen LogP contribution is -2.30. The summed E-state index contributed by atoms with van der Waals surface area (Å²) in [5.41, 5.74) is 1.42. The van der Waals surface area contributed by atoms with Crippen molar-refractivity contribution in [2.45, 2.75) is 65.0 Å². The third-order valence-corrected chi connectivity index (χ3v) is 4.51. The first-order chi connectivity index (χ1) is 10.1. The predicted molar refractivity (Wildman–Crippen MR) is 86.3 cm³/mol. The molecule has 4 nitrogen and oxygen atoms in total. The Hall–Kier alpha value is -0.870. The van der Waals surface area contributed by atoms with Gasteiger partial charge in [-0.05, 0) is 30.7 Å². The minimum atomic E-state index is 0.266. The monoisotopic (exact) mass is 293 g/mol. The van der Waals surface area contributed by atoms with Crippen LogP contribution in [-0.4, -0.2) is 30.0 Å². The van der Waals surface area contributed by atoms with E-state index in [9.17, 15) is 0 Å². The smallest absolute Gasteiger partial charge is 0.0762 e. The number of nitrogens with one attached hydrogen (secondary N) is 1. The van der Waals surface area contributed by atoms with Crippen molar-refractivity contribution in [1.82, 2.24) is 15.1 Å². The van der Waals surface area contributed by atoms with E-state index in [1.165, 1.54) is 32.1 Å². The first kappa shape index (κ1) is 16.5. The van der Waals surface area contributed by atoms with E-state index in [4.69, 9.17) is 9.84 Å². The zero-order valence-corrected chi connectivity index (χ0v) is 13.9. The van der Waals surface area contributed by atoms with Gasteiger partial charge in [-0.3, -0.25) is 4.68 Å². The number of hydrogen-bond acceptors (Lipinski definition) is 3. The summed E-state index contributed by atoms with van der Waals surface area (Å²) in [5, 5.41) is 8.28. The van der Waals surface area contributed by atoms with E-state index < -0.39 is 0 Å². The number of aromatic nitrogens is 2. The van der Waals surface area contributed by atoms with Crippen molar-refractivity contribution in [3.05, 3.63) is 18.0 Å². The molecule has 1 heterocycles. The molecule has 1 aliphatic carbocycles. The zero-order valence-electron chi connectivity index (χ0n) is 13.9. The molecule has 2 rings (SSSR count). The molecule has 1 N–H and O–H groups in total. The Kier molecular flexibility index (Phi) is 6.24. The van der Waals surface area contributed by atoms with E-state index in [2.05, 4.69) is 36.1 Å². The molecule has 21 heavy (non-hydrogen) atoms. The first-order valence-electron chi connectivity index (χ1n) is 8.34. The standard InChI is InChI=1S/C17H31N3O/c1-17(2,10-12-21-3)14-18-13-15-9-11-20(19-15)16-7-5-4-6-8-16/h9,11,16,18H,4-8,10,12-14H2,1-3H3. The molecule has 1 aromatic rings. The minimum Gasteiger partial charge on any atom is -0.385 e. The first-order valence-corrected chi connectivity index (χ1v) is 8.34. The van der Waals surface area contributed by atoms with E-state index in [-0.39, 0.29) is 5.41 Å². The van der Waals surface area contributed by atoms with Gasteiger partial charge in [-0.25, -0.2) is 0 Å². The Morgan fingerprint density at radius 1 is 1.33 bits per heavy atom. The van der Waals surface area contributed by atoms with E-state index in [0.29, 0.717) is 6.04 Å². The predicted octanol–water partition coefficient (Wildman–Crippen LogP) is 3.54. The molecular weight excluding hydrogens is 262 g/mol. The van der Waals surface area contributed by atoms with Crippen LogP contribution >= 0.6 is 0 Å². The molecule has 0 saturated heterocycles. The highest BCUT2D eigenvalue weighted by Gasteiger charge is 2.18. The van der Waals surface area contributed by atoms with Gasteiger partial charge in [0.05, 0.1) is 11.7 Å². The highest BCUT2D eigenvalue weighted by atomic mass is 16.5. The average Bonchev–Trinajstić information content (AvgIpc) is 2.95. The van der Waals surface area contributed by atoms with Gasteiger partial charge in [0.2, 0.25) is 0 Å². The van der Waals surface area contributed by atoms with Crippen LogP contribution < -0.4 is 5.32 Å². The summed E-state index contributed by atoms with van der Waals surface area (Å²) < 4.78 is 7.36. The maximum absolute atomic E-state index is 5.17. The van der Waals surface area contributed by atoms with Crippen LogP contribution in [0.15, 0.2) is 12.3 Å². The molecule has 0 atom stereocenters. The van der Waals surface area contributed by atoms with Crippen molar-refractivity contribution in [3.8, 4) is 0 Å². The molecule has 0 amide bonds. The fourth-order valence-corrected chi connectivity index (χ4v) is 3.02. The van der Waals surface area contributed by atoms with Gasteiger partial charge in [-0.2, -0.15) is 5.10 Å². The fourth-order valence-electron chi connectivity index (χ4n) is 3.02. The van der Waals surface area contributed by atoms with Crippen LogP contribution in [0, 0.1) is 5.41 Å². The third kappa shape index (κ3) is 5.44. The molecule has 120 valence electrons. The summed E-state index contributed by atoms with van der Waals surface area (Å²) in [7, 11) is 1.77. The zero-order chi connectivity index (χ0) is 15.1. The number of nitrogens with zero attached hydrogens (tertiary/aromatic N) is 2. The van der Waals surface area contributed by atoms with Gasteiger partial charge >= 0.3 is 0 Å². The quantitative estimate of drug-likeness (QED) is 0.797. The van der Waals surface area contributed by atoms with Gasteiger partial charge in [0, 0.05) is 33.0 Å². The van der Waals surface area contributed by atoms with Gasteiger partial charge < -0.3 is 10.1 Å². The lowest BCUT2D eigenvalue weighted by atomic mass is 9.90. The summed E-state index contributed by atoms with van der Waals surface area (Å²) in [6.07, 6.45) is 9.91. The summed E-state index contributed by atoms with van der Waals surface area (Å²) in [4.78, 5) is 0. The van der Waals surface area contributed by atoms with Crippen LogP contribution in [0.4, 0.5) is 0 Å². The van der Waals surface area contributed by atoms with E-state index >= 15 is 0 Å². The summed E-state index contributed by atoms with van der Waals surface area (Å²) in [5.74, 6) is 0. The normalized spacial score (nSPS) is 17.3. The molecule has 0 unspecified atom stereocenters. The van der Waals surface area contributed by atoms with Crippen LogP contribution in [0.2, 0.25) is 0 Å². The summed E-state index contributed by atoms with van der Waals surface area (Å²) in [6.45, 7) is 7.23. The maximum Gasteiger partial charge on any atom is 0.0762 e. The number of rotatable bonds is 8. The largest absolute Gasteiger partial charge is 0.385 e. The Labute approximate surface area is 129 Å². The van der Waals surface area contributed by atoms with E-state index in [0.717, 1.165) is 31.8 Å². The van der Waals surface area contributed by atoms with Gasteiger partial charge in [-0.1, -0.05) is 33.1 Å². The number of ether oxygens (including phenoxy) is 1. The highest BCUT2D eigenvalue weighted by Crippen LogP contribution is 2.27. The van der Waals surface area contributed by atoms with Crippen LogP contribution in [-0.2, 0) is 11.3 Å². The van der Waals surface area contributed by atoms with Crippen LogP contribution in [0.3, 0.4) is 0 Å². The second kappa shape index (κ2) is 7.95. The molecule has 4 heteroatoms. The lowest BCUT2D eigenvalue weighted by molar-refractivity contribution is 0.150. The Bertz CT molecular complexity index is 408. The van der Waals surface area contributed by atoms with Crippen molar-refractivity contribution in [3.63, 3.8) is 0 Å². The SMILES string of the molecule is COCCC(C)(C)CNCc1ccn(C2CCCCC2)n1. The van der Waals surface area contributed by atoms with Gasteiger partial charge in [0.1, 0.15) is 0 Å². The fraction of sp³-hybridized carbons (Fsp3) is 0.824. The second-order valence-electron chi connectivity index (χ2n) is 7.09. The summed E-state index contributed by atoms with van der Waals surface area (Å²) in [6, 6.07) is 2.79. The lowest BCUT2D eigenvalue weighted by Gasteiger charge is -2.24. The van der Waals surface area contributed by atoms with Crippen LogP contribution in [0.5, 0.6) is 0 Å². The van der Waals surface area contributed by atoms with Gasteiger partial charge in [0.15, 0.2) is 0 Å². The van der Waals surface area contributed by atoms with Crippen molar-refractivity contribution >= 4 is 0 Å². The Balaban J connectivity index is 1.75. The van der Waals surface area contributed by atoms with Crippen molar-refractivity contribution in [2.75, 3.05) is 20.3 Å². The molecule has 0 aliphatic heterocycles. The van der Waals surface area contributed by atoms with Crippen molar-refractivity contribution in [1.29, 1.82) is 0 Å². The van der Waals surface area contributed by atoms with Crippen LogP contribution in [0.1, 0.15) is 64.1 Å². The van der Waals surface area contributed by atoms with Gasteiger partial charge in [-0.15, -0.1) is 0 Å². The Morgan fingerprint density at radius 2 is 2.10 bits per heavy atom. The Morgan fingerprint density at radius 3 is 2.81 bits per heavy atom. The van der Waals surface area contributed by atoms with Gasteiger partial charge in [0.25, 0.3) is 0 Å². The van der Waals surface area contributed by atoms with E-state index in [1.54, 1.807) is 7.11 Å². The molecule has 0 bridgehead atoms. The van der Waals surface area contributed by atoms with Crippen LogP contribution in [0.25, 0.3) is 0 Å². The molecule has 0 aromatic carbocycles. The minimum absolute atomic E-state index is 0.266. The number of hydrogen-bond donors (Lipinski definition) is 1. The number of methoxy groups -OCH3 is 1. The molecule has 1 aromatic heterocycles. The highest BCUT2D eigenvalue weighted by molar-refractivity contribution is 5.00. The van der Waals surface area contributed by atoms with Crippen molar-refractivity contribution < 1.29 is 4.74 Å². The topological polar surface area (TPSA) is 39.1 Å². The second-order valence-corrected chi connectivity index (χ2v) is 7.09. The molecule has 1 fully saturated rings.